The van der Waals surface area contributed by atoms with Crippen LogP contribution in [0.4, 0.5) is 4.39 Å². The van der Waals surface area contributed by atoms with Gasteiger partial charge in [0.25, 0.3) is 0 Å². The first kappa shape index (κ1) is 8.93. The minimum Gasteiger partial charge on any atom is -0.247 e. The normalized spacial score (nSPS) is 31.5. The Labute approximate surface area is 65.8 Å². The smallest absolute Gasteiger partial charge is 0.209 e. The molecule has 0 saturated heterocycles. The van der Waals surface area contributed by atoms with Crippen LogP contribution in [0.15, 0.2) is 0 Å². The summed E-state index contributed by atoms with van der Waals surface area (Å²) in [6.07, 6.45) is 0.824. The van der Waals surface area contributed by atoms with Gasteiger partial charge in [-0.1, -0.05) is 0 Å². The lowest BCUT2D eigenvalue weighted by Crippen LogP contribution is -2.28. The molecule has 1 aliphatic carbocycles. The summed E-state index contributed by atoms with van der Waals surface area (Å²) in [5.74, 6) is 0.230. The van der Waals surface area contributed by atoms with Gasteiger partial charge in [-0.05, 0) is 25.2 Å². The third-order valence-corrected chi connectivity index (χ3v) is 2.79. The molecule has 1 saturated carbocycles. The van der Waals surface area contributed by atoms with E-state index in [1.165, 1.54) is 0 Å². The van der Waals surface area contributed by atoms with E-state index >= 15 is 0 Å². The van der Waals surface area contributed by atoms with Gasteiger partial charge < -0.3 is 0 Å². The summed E-state index contributed by atoms with van der Waals surface area (Å²) in [5, 5.41) is 4.78. The average Bonchev–Trinajstić information content (AvgIpc) is 1.75. The lowest BCUT2D eigenvalue weighted by atomic mass is 9.82. The van der Waals surface area contributed by atoms with Crippen LogP contribution < -0.4 is 5.14 Å². The number of sulfonamides is 1. The summed E-state index contributed by atoms with van der Waals surface area (Å²) in [4.78, 5) is 0. The highest BCUT2D eigenvalue weighted by atomic mass is 32.2. The predicted octanol–water partition coefficient (Wildman–Crippen LogP) is 0.413. The SMILES string of the molecule is NS(=O)(=O)CCC1CC(F)C1. The van der Waals surface area contributed by atoms with Crippen molar-refractivity contribution < 1.29 is 12.8 Å². The van der Waals surface area contributed by atoms with E-state index in [1.807, 2.05) is 0 Å². The monoisotopic (exact) mass is 181 g/mol. The van der Waals surface area contributed by atoms with Gasteiger partial charge in [-0.2, -0.15) is 0 Å². The van der Waals surface area contributed by atoms with Gasteiger partial charge in [0.1, 0.15) is 6.17 Å². The van der Waals surface area contributed by atoms with E-state index in [0.29, 0.717) is 19.3 Å². The number of nitrogens with two attached hydrogens (primary N) is 1. The Kier molecular flexibility index (Phi) is 2.49. The van der Waals surface area contributed by atoms with Crippen LogP contribution in [0.25, 0.3) is 0 Å². The maximum Gasteiger partial charge on any atom is 0.209 e. The van der Waals surface area contributed by atoms with Gasteiger partial charge in [-0.3, -0.25) is 0 Å². The van der Waals surface area contributed by atoms with Crippen LogP contribution in [-0.2, 0) is 10.0 Å². The summed E-state index contributed by atoms with van der Waals surface area (Å²) < 4.78 is 33.1. The Morgan fingerprint density at radius 2 is 2.00 bits per heavy atom. The molecule has 0 aromatic carbocycles. The fourth-order valence-electron chi connectivity index (χ4n) is 1.22. The summed E-state index contributed by atoms with van der Waals surface area (Å²) in [6, 6.07) is 0. The molecule has 0 bridgehead atoms. The molecule has 2 N–H and O–H groups in total. The van der Waals surface area contributed by atoms with Crippen molar-refractivity contribution in [1.82, 2.24) is 0 Å². The van der Waals surface area contributed by atoms with Gasteiger partial charge in [0.15, 0.2) is 0 Å². The lowest BCUT2D eigenvalue weighted by molar-refractivity contribution is 0.129. The summed E-state index contributed by atoms with van der Waals surface area (Å²) >= 11 is 0. The number of hydrogen-bond donors (Lipinski definition) is 1. The van der Waals surface area contributed by atoms with Gasteiger partial charge in [-0.15, -0.1) is 0 Å². The van der Waals surface area contributed by atoms with E-state index in [0.717, 1.165) is 0 Å². The summed E-state index contributed by atoms with van der Waals surface area (Å²) in [7, 11) is -3.34. The molecule has 0 aliphatic heterocycles. The second-order valence-electron chi connectivity index (χ2n) is 3.09. The first-order chi connectivity index (χ1) is 4.97. The van der Waals surface area contributed by atoms with Crippen molar-refractivity contribution in [2.24, 2.45) is 11.1 Å². The maximum atomic E-state index is 12.2. The molecule has 0 radical (unpaired) electrons. The third-order valence-electron chi connectivity index (χ3n) is 1.99. The Morgan fingerprint density at radius 1 is 1.45 bits per heavy atom. The van der Waals surface area contributed by atoms with E-state index in [2.05, 4.69) is 0 Å². The number of halogens is 1. The zero-order chi connectivity index (χ0) is 8.48. The first-order valence-electron chi connectivity index (χ1n) is 3.62. The zero-order valence-corrected chi connectivity index (χ0v) is 6.98. The van der Waals surface area contributed by atoms with Gasteiger partial charge in [0.2, 0.25) is 10.0 Å². The first-order valence-corrected chi connectivity index (χ1v) is 5.33. The quantitative estimate of drug-likeness (QED) is 0.685. The van der Waals surface area contributed by atoms with Crippen LogP contribution in [0.5, 0.6) is 0 Å². The highest BCUT2D eigenvalue weighted by molar-refractivity contribution is 7.89. The Morgan fingerprint density at radius 3 is 2.36 bits per heavy atom. The van der Waals surface area contributed by atoms with Crippen molar-refractivity contribution in [3.05, 3.63) is 0 Å². The van der Waals surface area contributed by atoms with Crippen LogP contribution in [0.2, 0.25) is 0 Å². The van der Waals surface area contributed by atoms with Crippen molar-refractivity contribution in [2.45, 2.75) is 25.4 Å². The van der Waals surface area contributed by atoms with Gasteiger partial charge in [-0.25, -0.2) is 17.9 Å². The Hall–Kier alpha value is -0.160. The molecule has 0 aromatic heterocycles. The molecule has 3 nitrogen and oxygen atoms in total. The largest absolute Gasteiger partial charge is 0.247 e. The number of alkyl halides is 1. The molecule has 0 amide bonds. The summed E-state index contributed by atoms with van der Waals surface area (Å²) in [5.41, 5.74) is 0. The second kappa shape index (κ2) is 3.06. The summed E-state index contributed by atoms with van der Waals surface area (Å²) in [6.45, 7) is 0. The van der Waals surface area contributed by atoms with Crippen LogP contribution in [-0.4, -0.2) is 20.3 Å². The van der Waals surface area contributed by atoms with Gasteiger partial charge in [0.05, 0.1) is 5.75 Å². The Bertz CT molecular complexity index is 221. The highest BCUT2D eigenvalue weighted by Crippen LogP contribution is 2.32. The minimum absolute atomic E-state index is 0.00954. The van der Waals surface area contributed by atoms with Crippen molar-refractivity contribution in [1.29, 1.82) is 0 Å². The number of primary sulfonamides is 1. The molecule has 1 rings (SSSR count). The molecule has 66 valence electrons. The van der Waals surface area contributed by atoms with Crippen LogP contribution in [0, 0.1) is 5.92 Å². The van der Waals surface area contributed by atoms with Crippen molar-refractivity contribution in [3.63, 3.8) is 0 Å². The van der Waals surface area contributed by atoms with Crippen LogP contribution >= 0.6 is 0 Å². The fraction of sp³-hybridized carbons (Fsp3) is 1.00. The molecule has 1 fully saturated rings. The van der Waals surface area contributed by atoms with Crippen molar-refractivity contribution in [2.75, 3.05) is 5.75 Å². The third kappa shape index (κ3) is 3.16. The van der Waals surface area contributed by atoms with Gasteiger partial charge in [0, 0.05) is 0 Å². The van der Waals surface area contributed by atoms with E-state index in [9.17, 15) is 12.8 Å². The van der Waals surface area contributed by atoms with E-state index in [4.69, 9.17) is 5.14 Å². The number of hydrogen-bond acceptors (Lipinski definition) is 2. The number of rotatable bonds is 3. The molecule has 0 aromatic rings. The lowest BCUT2D eigenvalue weighted by Gasteiger charge is -2.28. The van der Waals surface area contributed by atoms with Crippen molar-refractivity contribution in [3.8, 4) is 0 Å². The molecular formula is C6H12FNO2S. The second-order valence-corrected chi connectivity index (χ2v) is 4.82. The molecule has 1 aliphatic rings. The zero-order valence-electron chi connectivity index (χ0n) is 6.16. The minimum atomic E-state index is -3.34. The highest BCUT2D eigenvalue weighted by Gasteiger charge is 2.29. The van der Waals surface area contributed by atoms with Gasteiger partial charge >= 0.3 is 0 Å². The Balaban J connectivity index is 2.15. The molecule has 0 unspecified atom stereocenters. The molecular weight excluding hydrogens is 169 g/mol. The molecule has 0 atom stereocenters. The van der Waals surface area contributed by atoms with E-state index < -0.39 is 16.2 Å². The molecule has 0 heterocycles. The average molecular weight is 181 g/mol. The topological polar surface area (TPSA) is 60.2 Å². The van der Waals surface area contributed by atoms with Crippen LogP contribution in [0.3, 0.4) is 0 Å². The predicted molar refractivity (Wildman–Crippen MR) is 40.2 cm³/mol. The maximum absolute atomic E-state index is 12.2. The van der Waals surface area contributed by atoms with Crippen molar-refractivity contribution >= 4 is 10.0 Å². The molecule has 5 heteroatoms. The van der Waals surface area contributed by atoms with E-state index in [-0.39, 0.29) is 11.7 Å². The molecule has 0 spiro atoms. The van der Waals surface area contributed by atoms with E-state index in [1.54, 1.807) is 0 Å². The standard InChI is InChI=1S/C6H12FNO2S/c7-6-3-5(4-6)1-2-11(8,9)10/h5-6H,1-4H2,(H2,8,9,10). The molecule has 11 heavy (non-hydrogen) atoms. The fourth-order valence-corrected chi connectivity index (χ4v) is 1.88. The van der Waals surface area contributed by atoms with Crippen LogP contribution in [0.1, 0.15) is 19.3 Å².